The van der Waals surface area contributed by atoms with Crippen LogP contribution < -0.4 is 15.2 Å². The SMILES string of the molecule is COc1ccc2ncc(CN)c([C@@H](O)CCC3(CC(=O)O)CCN(CCOc4cc(F)cc(F)c4F)CC3)c2c1. The maximum atomic E-state index is 13.8. The molecule has 11 heteroatoms. The molecule has 0 bridgehead atoms. The topological polar surface area (TPSA) is 118 Å². The second-order valence-corrected chi connectivity index (χ2v) is 10.3. The number of halogens is 3. The Morgan fingerprint density at radius 3 is 2.62 bits per heavy atom. The molecule has 0 amide bonds. The molecule has 1 fully saturated rings. The maximum absolute atomic E-state index is 13.8. The lowest BCUT2D eigenvalue weighted by molar-refractivity contribution is -0.141. The minimum absolute atomic E-state index is 0.0188. The minimum atomic E-state index is -1.31. The Balaban J connectivity index is 1.41. The third kappa shape index (κ3) is 6.83. The molecule has 1 atom stereocenters. The summed E-state index contributed by atoms with van der Waals surface area (Å²) in [6.45, 7) is 1.72. The van der Waals surface area contributed by atoms with Crippen LogP contribution in [0, 0.1) is 22.9 Å². The third-order valence-corrected chi connectivity index (χ3v) is 7.77. The van der Waals surface area contributed by atoms with Gasteiger partial charge < -0.3 is 25.4 Å². The van der Waals surface area contributed by atoms with E-state index in [0.29, 0.717) is 73.8 Å². The van der Waals surface area contributed by atoms with Crippen molar-refractivity contribution >= 4 is 16.9 Å². The van der Waals surface area contributed by atoms with Gasteiger partial charge in [-0.1, -0.05) is 0 Å². The number of rotatable bonds is 12. The van der Waals surface area contributed by atoms with Crippen LogP contribution >= 0.6 is 0 Å². The van der Waals surface area contributed by atoms with Crippen molar-refractivity contribution in [3.8, 4) is 11.5 Å². The van der Waals surface area contributed by atoms with Crippen molar-refractivity contribution in [2.24, 2.45) is 11.1 Å². The molecular weight excluding hydrogens is 527 g/mol. The van der Waals surface area contributed by atoms with E-state index in [1.165, 1.54) is 0 Å². The highest BCUT2D eigenvalue weighted by molar-refractivity contribution is 5.85. The van der Waals surface area contributed by atoms with Gasteiger partial charge in [-0.2, -0.15) is 4.39 Å². The van der Waals surface area contributed by atoms with E-state index >= 15 is 0 Å². The fraction of sp³-hybridized carbons (Fsp3) is 0.448. The normalized spacial score (nSPS) is 16.1. The number of carboxylic acid groups (broad SMARTS) is 1. The lowest BCUT2D eigenvalue weighted by Crippen LogP contribution is -2.42. The van der Waals surface area contributed by atoms with E-state index in [1.807, 2.05) is 17.0 Å². The fourth-order valence-corrected chi connectivity index (χ4v) is 5.51. The van der Waals surface area contributed by atoms with E-state index in [0.717, 1.165) is 11.5 Å². The van der Waals surface area contributed by atoms with E-state index in [2.05, 4.69) is 4.98 Å². The molecule has 0 unspecified atom stereocenters. The Hall–Kier alpha value is -3.41. The summed E-state index contributed by atoms with van der Waals surface area (Å²) in [5.41, 5.74) is 7.52. The first kappa shape index (κ1) is 29.6. The van der Waals surface area contributed by atoms with Crippen molar-refractivity contribution in [1.82, 2.24) is 9.88 Å². The number of likely N-dealkylation sites (tertiary alicyclic amines) is 1. The molecule has 4 N–H and O–H groups in total. The van der Waals surface area contributed by atoms with Gasteiger partial charge in [-0.3, -0.25) is 14.7 Å². The van der Waals surface area contributed by atoms with Gasteiger partial charge in [0.15, 0.2) is 11.6 Å². The number of aliphatic hydroxyl groups is 1. The van der Waals surface area contributed by atoms with E-state index in [-0.39, 0.29) is 19.6 Å². The monoisotopic (exact) mass is 561 g/mol. The van der Waals surface area contributed by atoms with Crippen LogP contribution in [0.5, 0.6) is 11.5 Å². The van der Waals surface area contributed by atoms with Crippen molar-refractivity contribution in [1.29, 1.82) is 0 Å². The number of benzene rings is 2. The van der Waals surface area contributed by atoms with Crippen LogP contribution in [0.4, 0.5) is 13.2 Å². The number of hydrogen-bond acceptors (Lipinski definition) is 7. The number of carboxylic acids is 1. The van der Waals surface area contributed by atoms with Crippen molar-refractivity contribution in [2.75, 3.05) is 33.4 Å². The molecule has 1 aromatic heterocycles. The van der Waals surface area contributed by atoms with Crippen LogP contribution in [0.1, 0.15) is 49.3 Å². The zero-order valence-electron chi connectivity index (χ0n) is 22.3. The van der Waals surface area contributed by atoms with Crippen molar-refractivity contribution in [3.05, 3.63) is 65.1 Å². The van der Waals surface area contributed by atoms with Gasteiger partial charge in [-0.25, -0.2) is 8.78 Å². The number of ether oxygens (including phenoxy) is 2. The molecule has 2 aromatic carbocycles. The van der Waals surface area contributed by atoms with Gasteiger partial charge in [0.1, 0.15) is 18.2 Å². The second-order valence-electron chi connectivity index (χ2n) is 10.3. The largest absolute Gasteiger partial charge is 0.497 e. The van der Waals surface area contributed by atoms with Crippen LogP contribution in [0.15, 0.2) is 36.5 Å². The van der Waals surface area contributed by atoms with Gasteiger partial charge in [0, 0.05) is 36.8 Å². The van der Waals surface area contributed by atoms with Gasteiger partial charge in [0.25, 0.3) is 0 Å². The van der Waals surface area contributed by atoms with Gasteiger partial charge in [0.2, 0.25) is 5.82 Å². The molecule has 1 saturated heterocycles. The standard InChI is InChI=1S/C29H34F3N3O5/c1-39-20-2-3-23-21(14-20)27(18(16-33)17-34-23)24(36)4-5-29(15-26(37)38)6-8-35(9-7-29)10-11-40-25-13-19(30)12-22(31)28(25)32/h2-3,12-14,17,24,36H,4-11,15-16,33H2,1H3,(H,37,38)/t24-/m0/s1. The first-order valence-corrected chi connectivity index (χ1v) is 13.2. The zero-order valence-corrected chi connectivity index (χ0v) is 22.3. The first-order chi connectivity index (χ1) is 19.1. The lowest BCUT2D eigenvalue weighted by Gasteiger charge is -2.41. The number of methoxy groups -OCH3 is 1. The number of aliphatic carboxylic acids is 1. The van der Waals surface area contributed by atoms with Gasteiger partial charge in [-0.15, -0.1) is 0 Å². The van der Waals surface area contributed by atoms with Gasteiger partial charge in [0.05, 0.1) is 25.2 Å². The Labute approximate surface area is 230 Å². The molecule has 216 valence electrons. The first-order valence-electron chi connectivity index (χ1n) is 13.2. The van der Waals surface area contributed by atoms with Crippen molar-refractivity contribution in [3.63, 3.8) is 0 Å². The number of piperidine rings is 1. The predicted octanol–water partition coefficient (Wildman–Crippen LogP) is 4.57. The quantitative estimate of drug-likeness (QED) is 0.275. The lowest BCUT2D eigenvalue weighted by atomic mass is 9.71. The number of fused-ring (bicyclic) bond motifs is 1. The number of nitrogens with zero attached hydrogens (tertiary/aromatic N) is 2. The smallest absolute Gasteiger partial charge is 0.303 e. The number of hydrogen-bond donors (Lipinski definition) is 3. The van der Waals surface area contributed by atoms with E-state index in [1.54, 1.807) is 19.4 Å². The minimum Gasteiger partial charge on any atom is -0.497 e. The van der Waals surface area contributed by atoms with Crippen LogP contribution in [0.3, 0.4) is 0 Å². The molecule has 0 saturated carbocycles. The number of nitrogens with two attached hydrogens (primary N) is 1. The summed E-state index contributed by atoms with van der Waals surface area (Å²) in [7, 11) is 1.56. The Bertz CT molecular complexity index is 1340. The molecular formula is C29H34F3N3O5. The maximum Gasteiger partial charge on any atom is 0.303 e. The Kier molecular flexibility index (Phi) is 9.49. The van der Waals surface area contributed by atoms with E-state index < -0.39 is 40.7 Å². The molecule has 0 aliphatic carbocycles. The molecule has 1 aliphatic heterocycles. The van der Waals surface area contributed by atoms with Crippen molar-refractivity contribution < 1.29 is 37.7 Å². The van der Waals surface area contributed by atoms with E-state index in [4.69, 9.17) is 15.2 Å². The molecule has 8 nitrogen and oxygen atoms in total. The summed E-state index contributed by atoms with van der Waals surface area (Å²) in [6.07, 6.45) is 2.71. The van der Waals surface area contributed by atoms with Crippen LogP contribution in [-0.2, 0) is 11.3 Å². The van der Waals surface area contributed by atoms with Crippen LogP contribution in [0.2, 0.25) is 0 Å². The molecule has 2 heterocycles. The summed E-state index contributed by atoms with van der Waals surface area (Å²) in [5.74, 6) is -4.24. The average molecular weight is 562 g/mol. The average Bonchev–Trinajstić information content (AvgIpc) is 2.94. The zero-order chi connectivity index (χ0) is 28.9. The van der Waals surface area contributed by atoms with Crippen LogP contribution in [-0.4, -0.2) is 59.4 Å². The third-order valence-electron chi connectivity index (χ3n) is 7.77. The summed E-state index contributed by atoms with van der Waals surface area (Å²) < 4.78 is 51.3. The highest BCUT2D eigenvalue weighted by atomic mass is 19.2. The van der Waals surface area contributed by atoms with E-state index in [9.17, 15) is 28.2 Å². The Morgan fingerprint density at radius 1 is 1.20 bits per heavy atom. The number of aliphatic hydroxyl groups excluding tert-OH is 1. The molecule has 0 radical (unpaired) electrons. The summed E-state index contributed by atoms with van der Waals surface area (Å²) in [5, 5.41) is 21.7. The molecule has 40 heavy (non-hydrogen) atoms. The molecule has 1 aliphatic rings. The second kappa shape index (κ2) is 12.8. The summed E-state index contributed by atoms with van der Waals surface area (Å²) in [6, 6.07) is 6.68. The Morgan fingerprint density at radius 2 is 1.95 bits per heavy atom. The summed E-state index contributed by atoms with van der Waals surface area (Å²) in [4.78, 5) is 18.3. The highest BCUT2D eigenvalue weighted by Crippen LogP contribution is 2.42. The molecule has 3 aromatic rings. The molecule has 0 spiro atoms. The number of pyridine rings is 1. The number of aromatic nitrogens is 1. The fourth-order valence-electron chi connectivity index (χ4n) is 5.51. The highest BCUT2D eigenvalue weighted by Gasteiger charge is 2.37. The van der Waals surface area contributed by atoms with Gasteiger partial charge >= 0.3 is 5.97 Å². The van der Waals surface area contributed by atoms with Gasteiger partial charge in [-0.05, 0) is 73.5 Å². The van der Waals surface area contributed by atoms with Crippen LogP contribution in [0.25, 0.3) is 10.9 Å². The number of carbonyl (C=O) groups is 1. The summed E-state index contributed by atoms with van der Waals surface area (Å²) >= 11 is 0. The molecule has 4 rings (SSSR count). The van der Waals surface area contributed by atoms with Crippen molar-refractivity contribution in [2.45, 2.75) is 44.8 Å². The predicted molar refractivity (Wildman–Crippen MR) is 143 cm³/mol.